The summed E-state index contributed by atoms with van der Waals surface area (Å²) in [6.45, 7) is 8.05. The molecule has 0 unspecified atom stereocenters. The van der Waals surface area contributed by atoms with E-state index >= 15 is 0 Å². The highest BCUT2D eigenvalue weighted by atomic mass is 32.2. The summed E-state index contributed by atoms with van der Waals surface area (Å²) in [5.41, 5.74) is 1.31. The molecule has 1 fully saturated rings. The number of amides is 1. The molecular formula is C25H33N3O5S. The summed E-state index contributed by atoms with van der Waals surface area (Å²) in [7, 11) is -1.97. The van der Waals surface area contributed by atoms with Crippen molar-refractivity contribution in [3.63, 3.8) is 0 Å². The van der Waals surface area contributed by atoms with Gasteiger partial charge in [-0.25, -0.2) is 8.42 Å². The second-order valence-corrected chi connectivity index (χ2v) is 9.88. The SMILES string of the molecule is CCCOc1ccc(/C=C/C(=O)Nc2ccc(S(=O)(=O)N3CCN(CC)CC3)cc2)cc1OC. The maximum absolute atomic E-state index is 12.9. The van der Waals surface area contributed by atoms with E-state index in [0.29, 0.717) is 36.9 Å². The molecule has 0 aliphatic carbocycles. The molecule has 184 valence electrons. The molecule has 0 atom stereocenters. The Kier molecular flexibility index (Phi) is 9.09. The Labute approximate surface area is 202 Å². The Morgan fingerprint density at radius 1 is 1.03 bits per heavy atom. The monoisotopic (exact) mass is 487 g/mol. The molecule has 1 saturated heterocycles. The van der Waals surface area contributed by atoms with Crippen LogP contribution in [0.1, 0.15) is 25.8 Å². The molecule has 1 amide bonds. The van der Waals surface area contributed by atoms with Gasteiger partial charge in [0.05, 0.1) is 18.6 Å². The smallest absolute Gasteiger partial charge is 0.248 e. The fourth-order valence-electron chi connectivity index (χ4n) is 3.62. The lowest BCUT2D eigenvalue weighted by Crippen LogP contribution is -2.48. The van der Waals surface area contributed by atoms with Gasteiger partial charge in [-0.05, 0) is 61.0 Å². The van der Waals surface area contributed by atoms with Crippen LogP contribution in [0.3, 0.4) is 0 Å². The predicted molar refractivity (Wildman–Crippen MR) is 134 cm³/mol. The van der Waals surface area contributed by atoms with Crippen LogP contribution < -0.4 is 14.8 Å². The summed E-state index contributed by atoms with van der Waals surface area (Å²) in [6.07, 6.45) is 3.99. The van der Waals surface area contributed by atoms with E-state index in [-0.39, 0.29) is 10.8 Å². The Bertz CT molecular complexity index is 1090. The van der Waals surface area contributed by atoms with E-state index in [9.17, 15) is 13.2 Å². The summed E-state index contributed by atoms with van der Waals surface area (Å²) in [6, 6.07) is 11.7. The highest BCUT2D eigenvalue weighted by Crippen LogP contribution is 2.28. The lowest BCUT2D eigenvalue weighted by Gasteiger charge is -2.33. The molecule has 0 spiro atoms. The van der Waals surface area contributed by atoms with Gasteiger partial charge in [0.15, 0.2) is 11.5 Å². The van der Waals surface area contributed by atoms with Gasteiger partial charge in [0.25, 0.3) is 0 Å². The van der Waals surface area contributed by atoms with Crippen molar-refractivity contribution in [3.05, 3.63) is 54.1 Å². The Morgan fingerprint density at radius 3 is 2.35 bits per heavy atom. The quantitative estimate of drug-likeness (QED) is 0.517. The number of methoxy groups -OCH3 is 1. The summed E-state index contributed by atoms with van der Waals surface area (Å²) < 4.78 is 38.3. The molecule has 1 heterocycles. The molecular weight excluding hydrogens is 454 g/mol. The number of nitrogens with one attached hydrogen (secondary N) is 1. The van der Waals surface area contributed by atoms with Gasteiger partial charge in [-0.1, -0.05) is 19.9 Å². The zero-order chi connectivity index (χ0) is 24.6. The third-order valence-corrected chi connectivity index (χ3v) is 7.53. The maximum Gasteiger partial charge on any atom is 0.248 e. The summed E-state index contributed by atoms with van der Waals surface area (Å²) >= 11 is 0. The Morgan fingerprint density at radius 2 is 1.74 bits per heavy atom. The van der Waals surface area contributed by atoms with Gasteiger partial charge in [-0.2, -0.15) is 4.31 Å². The van der Waals surface area contributed by atoms with Gasteiger partial charge in [0, 0.05) is 37.9 Å². The second-order valence-electron chi connectivity index (χ2n) is 7.94. The average molecular weight is 488 g/mol. The maximum atomic E-state index is 12.9. The van der Waals surface area contributed by atoms with Crippen molar-refractivity contribution in [2.75, 3.05) is 51.8 Å². The highest BCUT2D eigenvalue weighted by Gasteiger charge is 2.27. The molecule has 1 aliphatic rings. The molecule has 1 N–H and O–H groups in total. The Balaban J connectivity index is 1.60. The van der Waals surface area contributed by atoms with E-state index < -0.39 is 10.0 Å². The number of benzene rings is 2. The zero-order valence-electron chi connectivity index (χ0n) is 20.0. The van der Waals surface area contributed by atoms with Crippen LogP contribution in [0.4, 0.5) is 5.69 Å². The molecule has 8 nitrogen and oxygen atoms in total. The number of hydrogen-bond acceptors (Lipinski definition) is 6. The van der Waals surface area contributed by atoms with E-state index in [1.165, 1.54) is 22.5 Å². The van der Waals surface area contributed by atoms with Crippen LogP contribution in [-0.2, 0) is 14.8 Å². The predicted octanol–water partition coefficient (Wildman–Crippen LogP) is 3.46. The van der Waals surface area contributed by atoms with Crippen LogP contribution in [0.25, 0.3) is 6.08 Å². The van der Waals surface area contributed by atoms with Crippen LogP contribution in [0, 0.1) is 0 Å². The van der Waals surface area contributed by atoms with Crippen molar-refractivity contribution >= 4 is 27.7 Å². The molecule has 0 aromatic heterocycles. The van der Waals surface area contributed by atoms with Gasteiger partial charge >= 0.3 is 0 Å². The lowest BCUT2D eigenvalue weighted by atomic mass is 10.2. The third-order valence-electron chi connectivity index (χ3n) is 5.61. The number of piperazine rings is 1. The molecule has 3 rings (SSSR count). The van der Waals surface area contributed by atoms with Gasteiger partial charge in [0.1, 0.15) is 0 Å². The average Bonchev–Trinajstić information content (AvgIpc) is 2.86. The minimum absolute atomic E-state index is 0.225. The molecule has 1 aliphatic heterocycles. The molecule has 2 aromatic carbocycles. The largest absolute Gasteiger partial charge is 0.493 e. The van der Waals surface area contributed by atoms with Crippen molar-refractivity contribution < 1.29 is 22.7 Å². The lowest BCUT2D eigenvalue weighted by molar-refractivity contribution is -0.111. The van der Waals surface area contributed by atoms with Gasteiger partial charge in [-0.15, -0.1) is 0 Å². The number of rotatable bonds is 10. The summed E-state index contributed by atoms with van der Waals surface area (Å²) in [5.74, 6) is 0.939. The molecule has 0 radical (unpaired) electrons. The summed E-state index contributed by atoms with van der Waals surface area (Å²) in [4.78, 5) is 14.8. The van der Waals surface area contributed by atoms with Crippen molar-refractivity contribution in [1.82, 2.24) is 9.21 Å². The number of hydrogen-bond donors (Lipinski definition) is 1. The number of sulfonamides is 1. The van der Waals surface area contributed by atoms with E-state index in [1.807, 2.05) is 19.1 Å². The van der Waals surface area contributed by atoms with Crippen LogP contribution in [0.2, 0.25) is 0 Å². The van der Waals surface area contributed by atoms with Crippen LogP contribution in [0.5, 0.6) is 11.5 Å². The van der Waals surface area contributed by atoms with Gasteiger partial charge < -0.3 is 19.7 Å². The first-order chi connectivity index (χ1) is 16.4. The normalized spacial score (nSPS) is 15.4. The van der Waals surface area contributed by atoms with Gasteiger partial charge in [0.2, 0.25) is 15.9 Å². The third kappa shape index (κ3) is 6.59. The van der Waals surface area contributed by atoms with Crippen LogP contribution >= 0.6 is 0 Å². The van der Waals surface area contributed by atoms with Crippen molar-refractivity contribution in [2.24, 2.45) is 0 Å². The summed E-state index contributed by atoms with van der Waals surface area (Å²) in [5, 5.41) is 2.75. The number of ether oxygens (including phenoxy) is 2. The topological polar surface area (TPSA) is 88.2 Å². The van der Waals surface area contributed by atoms with Gasteiger partial charge in [-0.3, -0.25) is 4.79 Å². The van der Waals surface area contributed by atoms with Crippen molar-refractivity contribution in [2.45, 2.75) is 25.2 Å². The number of carbonyl (C=O) groups excluding carboxylic acids is 1. The zero-order valence-corrected chi connectivity index (χ0v) is 20.8. The molecule has 0 bridgehead atoms. The standard InChI is InChI=1S/C25H33N3O5S/c1-4-18-33-23-12-6-20(19-24(23)32-3)7-13-25(29)26-21-8-10-22(11-9-21)34(30,31)28-16-14-27(5-2)15-17-28/h6-13,19H,4-5,14-18H2,1-3H3,(H,26,29)/b13-7+. The number of anilines is 1. The minimum atomic E-state index is -3.54. The number of likely N-dealkylation sites (N-methyl/N-ethyl adjacent to an activating group) is 1. The van der Waals surface area contributed by atoms with E-state index in [1.54, 1.807) is 31.4 Å². The van der Waals surface area contributed by atoms with E-state index in [2.05, 4.69) is 17.1 Å². The van der Waals surface area contributed by atoms with E-state index in [0.717, 1.165) is 31.6 Å². The highest BCUT2D eigenvalue weighted by molar-refractivity contribution is 7.89. The van der Waals surface area contributed by atoms with Crippen LogP contribution in [-0.4, -0.2) is 70.0 Å². The fourth-order valence-corrected chi connectivity index (χ4v) is 5.04. The van der Waals surface area contributed by atoms with Crippen molar-refractivity contribution in [1.29, 1.82) is 0 Å². The van der Waals surface area contributed by atoms with Crippen LogP contribution in [0.15, 0.2) is 53.4 Å². The second kappa shape index (κ2) is 12.0. The first-order valence-electron chi connectivity index (χ1n) is 11.5. The molecule has 2 aromatic rings. The number of carbonyl (C=O) groups is 1. The Hall–Kier alpha value is -2.88. The first-order valence-corrected chi connectivity index (χ1v) is 12.9. The first kappa shape index (κ1) is 25.7. The van der Waals surface area contributed by atoms with Crippen molar-refractivity contribution in [3.8, 4) is 11.5 Å². The molecule has 0 saturated carbocycles. The minimum Gasteiger partial charge on any atom is -0.493 e. The molecule has 34 heavy (non-hydrogen) atoms. The van der Waals surface area contributed by atoms with E-state index in [4.69, 9.17) is 9.47 Å². The fraction of sp³-hybridized carbons (Fsp3) is 0.400. The molecule has 9 heteroatoms. The number of nitrogens with zero attached hydrogens (tertiary/aromatic N) is 2.